The molecule has 0 fully saturated rings. The number of benzene rings is 2. The van der Waals surface area contributed by atoms with E-state index in [1.165, 1.54) is 0 Å². The molecule has 1 aliphatic rings. The average Bonchev–Trinajstić information content (AvgIpc) is 2.68. The van der Waals surface area contributed by atoms with Gasteiger partial charge in [0.2, 0.25) is 0 Å². The summed E-state index contributed by atoms with van der Waals surface area (Å²) in [5.74, 6) is -1.64. The molecule has 0 saturated carbocycles. The van der Waals surface area contributed by atoms with Crippen molar-refractivity contribution in [3.05, 3.63) is 71.8 Å². The Balaban J connectivity index is 1.99. The number of carbonyl (C=O) groups excluding carboxylic acids is 2. The fourth-order valence-corrected chi connectivity index (χ4v) is 3.57. The highest BCUT2D eigenvalue weighted by Crippen LogP contribution is 2.40. The van der Waals surface area contributed by atoms with Crippen molar-refractivity contribution in [1.82, 2.24) is 0 Å². The van der Waals surface area contributed by atoms with Crippen molar-refractivity contribution in [1.29, 1.82) is 0 Å². The lowest BCUT2D eigenvalue weighted by atomic mass is 9.73. The van der Waals surface area contributed by atoms with Gasteiger partial charge in [-0.05, 0) is 48.3 Å². The largest absolute Gasteiger partial charge is 0.465 e. The van der Waals surface area contributed by atoms with Crippen molar-refractivity contribution in [2.24, 2.45) is 5.92 Å². The standard InChI is InChI=1S/C23H25NO3/c1-4-27-23(26)22-20(17-10-12-19(13-11-17)24(2)3)14-18(15-21(22)25)16-8-6-5-7-9-16/h5-13,15,20,22H,4,14H2,1-3H3. The van der Waals surface area contributed by atoms with E-state index in [1.807, 2.05) is 73.6 Å². The maximum absolute atomic E-state index is 12.9. The molecule has 0 heterocycles. The summed E-state index contributed by atoms with van der Waals surface area (Å²) < 4.78 is 5.21. The molecule has 0 amide bonds. The van der Waals surface area contributed by atoms with Crippen LogP contribution in [0.3, 0.4) is 0 Å². The van der Waals surface area contributed by atoms with E-state index >= 15 is 0 Å². The van der Waals surface area contributed by atoms with Crippen LogP contribution in [0.25, 0.3) is 5.57 Å². The summed E-state index contributed by atoms with van der Waals surface area (Å²) >= 11 is 0. The van der Waals surface area contributed by atoms with Crippen LogP contribution >= 0.6 is 0 Å². The van der Waals surface area contributed by atoms with E-state index in [2.05, 4.69) is 0 Å². The van der Waals surface area contributed by atoms with Gasteiger partial charge in [0, 0.05) is 25.7 Å². The molecule has 1 aliphatic carbocycles. The van der Waals surface area contributed by atoms with Gasteiger partial charge in [0.1, 0.15) is 5.92 Å². The number of esters is 1. The van der Waals surface area contributed by atoms with Crippen molar-refractivity contribution in [3.8, 4) is 0 Å². The molecule has 2 atom stereocenters. The van der Waals surface area contributed by atoms with Gasteiger partial charge in [-0.2, -0.15) is 0 Å². The zero-order valence-corrected chi connectivity index (χ0v) is 16.0. The highest BCUT2D eigenvalue weighted by molar-refractivity contribution is 6.10. The Morgan fingerprint density at radius 1 is 1.07 bits per heavy atom. The first-order valence-corrected chi connectivity index (χ1v) is 9.25. The van der Waals surface area contributed by atoms with Gasteiger partial charge in [0.05, 0.1) is 6.61 Å². The fraction of sp³-hybridized carbons (Fsp3) is 0.304. The minimum atomic E-state index is -0.789. The van der Waals surface area contributed by atoms with Crippen LogP contribution in [0.4, 0.5) is 5.69 Å². The van der Waals surface area contributed by atoms with Crippen LogP contribution in [-0.4, -0.2) is 32.5 Å². The quantitative estimate of drug-likeness (QED) is 0.593. The first kappa shape index (κ1) is 18.9. The molecule has 0 spiro atoms. The van der Waals surface area contributed by atoms with E-state index in [9.17, 15) is 9.59 Å². The molecule has 2 unspecified atom stereocenters. The van der Waals surface area contributed by atoms with Gasteiger partial charge in [0.25, 0.3) is 0 Å². The Labute approximate surface area is 160 Å². The maximum atomic E-state index is 12.9. The number of nitrogens with zero attached hydrogens (tertiary/aromatic N) is 1. The summed E-state index contributed by atoms with van der Waals surface area (Å²) in [6, 6.07) is 17.9. The maximum Gasteiger partial charge on any atom is 0.317 e. The Hall–Kier alpha value is -2.88. The number of ether oxygens (including phenoxy) is 1. The van der Waals surface area contributed by atoms with E-state index < -0.39 is 11.9 Å². The van der Waals surface area contributed by atoms with E-state index in [1.54, 1.807) is 13.0 Å². The summed E-state index contributed by atoms with van der Waals surface area (Å²) in [7, 11) is 3.97. The number of hydrogen-bond donors (Lipinski definition) is 0. The van der Waals surface area contributed by atoms with Gasteiger partial charge >= 0.3 is 5.97 Å². The lowest BCUT2D eigenvalue weighted by Crippen LogP contribution is -2.34. The van der Waals surface area contributed by atoms with Gasteiger partial charge < -0.3 is 9.64 Å². The SMILES string of the molecule is CCOC(=O)C1C(=O)C=C(c2ccccc2)CC1c1ccc(N(C)C)cc1. The predicted molar refractivity (Wildman–Crippen MR) is 108 cm³/mol. The first-order valence-electron chi connectivity index (χ1n) is 9.25. The van der Waals surface area contributed by atoms with Crippen LogP contribution in [0.5, 0.6) is 0 Å². The molecule has 0 aromatic heterocycles. The van der Waals surface area contributed by atoms with E-state index in [-0.39, 0.29) is 18.3 Å². The lowest BCUT2D eigenvalue weighted by Gasteiger charge is -2.29. The van der Waals surface area contributed by atoms with Crippen molar-refractivity contribution in [2.45, 2.75) is 19.3 Å². The molecule has 0 aliphatic heterocycles. The van der Waals surface area contributed by atoms with Crippen LogP contribution in [0.1, 0.15) is 30.4 Å². The molecule has 4 heteroatoms. The smallest absolute Gasteiger partial charge is 0.317 e. The zero-order valence-electron chi connectivity index (χ0n) is 16.0. The molecule has 27 heavy (non-hydrogen) atoms. The van der Waals surface area contributed by atoms with E-state index in [0.717, 1.165) is 22.4 Å². The predicted octanol–water partition coefficient (Wildman–Crippen LogP) is 4.07. The highest BCUT2D eigenvalue weighted by atomic mass is 16.5. The number of rotatable bonds is 5. The second-order valence-electron chi connectivity index (χ2n) is 6.96. The summed E-state index contributed by atoms with van der Waals surface area (Å²) in [6.07, 6.45) is 2.24. The normalized spacial score (nSPS) is 19.4. The molecule has 140 valence electrons. The Morgan fingerprint density at radius 2 is 1.74 bits per heavy atom. The van der Waals surface area contributed by atoms with Gasteiger partial charge in [-0.3, -0.25) is 9.59 Å². The molecular weight excluding hydrogens is 338 g/mol. The van der Waals surface area contributed by atoms with Crippen molar-refractivity contribution in [2.75, 3.05) is 25.6 Å². The van der Waals surface area contributed by atoms with Crippen molar-refractivity contribution >= 4 is 23.0 Å². The van der Waals surface area contributed by atoms with Crippen LogP contribution < -0.4 is 4.90 Å². The summed E-state index contributed by atoms with van der Waals surface area (Å²) in [4.78, 5) is 27.4. The summed E-state index contributed by atoms with van der Waals surface area (Å²) in [5, 5.41) is 0. The third-order valence-corrected chi connectivity index (χ3v) is 4.99. The molecule has 2 aromatic carbocycles. The number of carbonyl (C=O) groups is 2. The second-order valence-corrected chi connectivity index (χ2v) is 6.96. The van der Waals surface area contributed by atoms with Gasteiger partial charge in [-0.25, -0.2) is 0 Å². The Morgan fingerprint density at radius 3 is 2.33 bits per heavy atom. The minimum absolute atomic E-state index is 0.180. The fourth-order valence-electron chi connectivity index (χ4n) is 3.57. The van der Waals surface area contributed by atoms with Crippen LogP contribution in [-0.2, 0) is 14.3 Å². The van der Waals surface area contributed by atoms with Crippen molar-refractivity contribution in [3.63, 3.8) is 0 Å². The lowest BCUT2D eigenvalue weighted by molar-refractivity contribution is -0.151. The summed E-state index contributed by atoms with van der Waals surface area (Å²) in [6.45, 7) is 2.03. The molecule has 4 nitrogen and oxygen atoms in total. The zero-order chi connectivity index (χ0) is 19.4. The molecule has 0 saturated heterocycles. The number of anilines is 1. The highest BCUT2D eigenvalue weighted by Gasteiger charge is 2.39. The summed E-state index contributed by atoms with van der Waals surface area (Å²) in [5.41, 5.74) is 4.03. The number of hydrogen-bond acceptors (Lipinski definition) is 4. The Kier molecular flexibility index (Phi) is 5.75. The van der Waals surface area contributed by atoms with Gasteiger partial charge in [-0.1, -0.05) is 42.5 Å². The minimum Gasteiger partial charge on any atom is -0.465 e. The molecule has 3 rings (SSSR count). The monoisotopic (exact) mass is 363 g/mol. The molecular formula is C23H25NO3. The topological polar surface area (TPSA) is 46.6 Å². The molecule has 0 radical (unpaired) electrons. The number of allylic oxidation sites excluding steroid dienone is 2. The van der Waals surface area contributed by atoms with Crippen LogP contribution in [0.15, 0.2) is 60.7 Å². The first-order chi connectivity index (χ1) is 13.0. The number of ketones is 1. The molecule has 0 N–H and O–H groups in total. The third kappa shape index (κ3) is 4.11. The van der Waals surface area contributed by atoms with E-state index in [4.69, 9.17) is 4.74 Å². The van der Waals surface area contributed by atoms with Crippen molar-refractivity contribution < 1.29 is 14.3 Å². The Bertz CT molecular complexity index is 838. The van der Waals surface area contributed by atoms with Crippen LogP contribution in [0.2, 0.25) is 0 Å². The second kappa shape index (κ2) is 8.21. The van der Waals surface area contributed by atoms with Crippen LogP contribution in [0, 0.1) is 5.92 Å². The van der Waals surface area contributed by atoms with Gasteiger partial charge in [-0.15, -0.1) is 0 Å². The van der Waals surface area contributed by atoms with Gasteiger partial charge in [0.15, 0.2) is 5.78 Å². The third-order valence-electron chi connectivity index (χ3n) is 4.99. The molecule has 2 aromatic rings. The molecule has 0 bridgehead atoms. The van der Waals surface area contributed by atoms with E-state index in [0.29, 0.717) is 6.42 Å². The average molecular weight is 363 g/mol.